The van der Waals surface area contributed by atoms with E-state index in [-0.39, 0.29) is 0 Å². The molecule has 5 nitrogen and oxygen atoms in total. The first-order valence-electron chi connectivity index (χ1n) is 4.37. The molecule has 1 aliphatic rings. The van der Waals surface area contributed by atoms with E-state index in [0.717, 1.165) is 14.2 Å². The summed E-state index contributed by atoms with van der Waals surface area (Å²) in [6.07, 6.45) is -1.22. The molecule has 0 saturated heterocycles. The molecule has 0 saturated carbocycles. The predicted octanol–water partition coefficient (Wildman–Crippen LogP) is -0.00890. The van der Waals surface area contributed by atoms with Gasteiger partial charge in [-0.25, -0.2) is 9.78 Å². The number of fused-ring (bicyclic) bond motifs is 1. The number of rotatable bonds is 0. The monoisotopic (exact) mass is 299 g/mol. The Morgan fingerprint density at radius 2 is 2.17 bits per heavy atom. The maximum Gasteiger partial charge on any atom is 0.490 e. The molecule has 18 heavy (non-hydrogen) atoms. The van der Waals surface area contributed by atoms with E-state index >= 15 is 0 Å². The number of carboxylic acids is 1. The van der Waals surface area contributed by atoms with Crippen molar-refractivity contribution in [3.8, 4) is 0 Å². The molecule has 0 amide bonds. The number of alkyl halides is 3. The fourth-order valence-corrected chi connectivity index (χ4v) is 1.97. The number of nitrogens with zero attached hydrogens (tertiary/aromatic N) is 2. The maximum absolute atomic E-state index is 10.6. The molecule has 1 aromatic rings. The van der Waals surface area contributed by atoms with Crippen molar-refractivity contribution in [3.63, 3.8) is 0 Å². The Hall–Kier alpha value is -1.42. The van der Waals surface area contributed by atoms with Crippen LogP contribution in [0.5, 0.6) is 0 Å². The lowest BCUT2D eigenvalue weighted by molar-refractivity contribution is -0.192. The fraction of sp³-hybridized carbons (Fsp3) is 0.250. The van der Waals surface area contributed by atoms with Crippen LogP contribution in [0.2, 0.25) is 0 Å². The molecule has 2 heterocycles. The van der Waals surface area contributed by atoms with Gasteiger partial charge in [-0.15, -0.1) is 24.0 Å². The average Bonchev–Trinajstić information content (AvgIpc) is 2.56. The van der Waals surface area contributed by atoms with Crippen molar-refractivity contribution in [2.45, 2.75) is 10.5 Å². The molecule has 1 aromatic heterocycles. The van der Waals surface area contributed by atoms with Crippen molar-refractivity contribution >= 4 is 42.3 Å². The van der Waals surface area contributed by atoms with E-state index in [2.05, 4.69) is 23.0 Å². The van der Waals surface area contributed by atoms with Crippen LogP contribution in [0.25, 0.3) is 12.4 Å². The molecule has 100 valence electrons. The van der Waals surface area contributed by atoms with Crippen LogP contribution in [0.3, 0.4) is 0 Å². The molecule has 0 atom stereocenters. The third-order valence-electron chi connectivity index (χ3n) is 1.63. The number of thiazole rings is 1. The minimum atomic E-state index is -5.08. The van der Waals surface area contributed by atoms with E-state index in [1.807, 2.05) is 24.5 Å². The molecule has 1 aliphatic heterocycles. The summed E-state index contributed by atoms with van der Waals surface area (Å²) in [6.45, 7) is 0. The Morgan fingerprint density at radius 1 is 1.61 bits per heavy atom. The molecule has 0 radical (unpaired) electrons. The number of carbonyl (C=O) groups is 1. The maximum atomic E-state index is 10.6. The molecule has 10 heteroatoms. The van der Waals surface area contributed by atoms with Gasteiger partial charge < -0.3 is 10.5 Å². The quantitative estimate of drug-likeness (QED) is 0.588. The second-order valence-corrected chi connectivity index (χ2v) is 4.82. The highest BCUT2D eigenvalue weighted by molar-refractivity contribution is 7.82. The summed E-state index contributed by atoms with van der Waals surface area (Å²) >= 11 is 5.73. The second kappa shape index (κ2) is 5.48. The van der Waals surface area contributed by atoms with Gasteiger partial charge in [0.15, 0.2) is 0 Å². The summed E-state index contributed by atoms with van der Waals surface area (Å²) in [6, 6.07) is 0. The number of thiol groups is 1. The van der Waals surface area contributed by atoms with Gasteiger partial charge >= 0.3 is 12.1 Å². The van der Waals surface area contributed by atoms with Gasteiger partial charge in [0, 0.05) is 19.4 Å². The number of hydrogen-bond donors (Lipinski definition) is 3. The van der Waals surface area contributed by atoms with Crippen molar-refractivity contribution in [2.75, 3.05) is 7.05 Å². The molecule has 0 aromatic carbocycles. The van der Waals surface area contributed by atoms with Crippen molar-refractivity contribution in [1.29, 1.82) is 0 Å². The fourth-order valence-electron chi connectivity index (χ4n) is 0.909. The van der Waals surface area contributed by atoms with E-state index < -0.39 is 12.1 Å². The van der Waals surface area contributed by atoms with Gasteiger partial charge in [-0.1, -0.05) is 0 Å². The third-order valence-corrected chi connectivity index (χ3v) is 2.82. The van der Waals surface area contributed by atoms with Crippen LogP contribution in [-0.2, 0) is 4.79 Å². The number of aromatic nitrogens is 1. The van der Waals surface area contributed by atoms with Gasteiger partial charge in [0.25, 0.3) is 0 Å². The highest BCUT2D eigenvalue weighted by atomic mass is 32.2. The minimum Gasteiger partial charge on any atom is -0.475 e. The van der Waals surface area contributed by atoms with Gasteiger partial charge in [-0.3, -0.25) is 5.01 Å². The lowest BCUT2D eigenvalue weighted by atomic mass is 10.6. The van der Waals surface area contributed by atoms with Crippen LogP contribution in [0.15, 0.2) is 4.34 Å². The number of carboxylic acid groups (broad SMARTS) is 1. The lowest BCUT2D eigenvalue weighted by Gasteiger charge is -2.14. The Kier molecular flexibility index (Phi) is 4.46. The van der Waals surface area contributed by atoms with Gasteiger partial charge in [0.2, 0.25) is 0 Å². The third kappa shape index (κ3) is 4.11. The molecular weight excluding hydrogens is 291 g/mol. The SMILES string of the molecule is CN1C=c2nc(S)sc2=CN1.O=C(O)C(F)(F)F. The largest absolute Gasteiger partial charge is 0.490 e. The molecule has 0 aliphatic carbocycles. The van der Waals surface area contributed by atoms with E-state index in [1.165, 1.54) is 0 Å². The van der Waals surface area contributed by atoms with Crippen molar-refractivity contribution in [2.24, 2.45) is 0 Å². The number of nitrogens with one attached hydrogen (secondary N) is 1. The van der Waals surface area contributed by atoms with Gasteiger partial charge in [0.05, 0.1) is 4.53 Å². The molecule has 2 N–H and O–H groups in total. The Bertz CT molecular complexity index is 555. The number of aliphatic carboxylic acids is 1. The van der Waals surface area contributed by atoms with Gasteiger partial charge in [-0.05, 0) is 0 Å². The summed E-state index contributed by atoms with van der Waals surface area (Å²) in [5.74, 6) is -2.76. The summed E-state index contributed by atoms with van der Waals surface area (Å²) < 4.78 is 33.7. The van der Waals surface area contributed by atoms with Crippen LogP contribution < -0.4 is 15.3 Å². The van der Waals surface area contributed by atoms with E-state index in [1.54, 1.807) is 11.3 Å². The van der Waals surface area contributed by atoms with Crippen LogP contribution >= 0.6 is 24.0 Å². The normalized spacial score (nSPS) is 13.3. The lowest BCUT2D eigenvalue weighted by Crippen LogP contribution is -2.38. The van der Waals surface area contributed by atoms with Crippen molar-refractivity contribution < 1.29 is 23.1 Å². The van der Waals surface area contributed by atoms with E-state index in [9.17, 15) is 13.2 Å². The van der Waals surface area contributed by atoms with Crippen LogP contribution in [0.1, 0.15) is 0 Å². The molecule has 0 unspecified atom stereocenters. The summed E-state index contributed by atoms with van der Waals surface area (Å²) in [7, 11) is 1.93. The van der Waals surface area contributed by atoms with E-state index in [4.69, 9.17) is 9.90 Å². The molecule has 2 rings (SSSR count). The average molecular weight is 299 g/mol. The Balaban J connectivity index is 0.000000203. The summed E-state index contributed by atoms with van der Waals surface area (Å²) in [5, 5.41) is 9.97. The molecule has 0 spiro atoms. The highest BCUT2D eigenvalue weighted by Gasteiger charge is 2.38. The topological polar surface area (TPSA) is 65.5 Å². The number of hydrazine groups is 1. The zero-order valence-electron chi connectivity index (χ0n) is 8.89. The molecule has 0 bridgehead atoms. The minimum absolute atomic E-state index is 0.805. The second-order valence-electron chi connectivity index (χ2n) is 3.06. The van der Waals surface area contributed by atoms with Crippen LogP contribution in [-0.4, -0.2) is 34.3 Å². The summed E-state index contributed by atoms with van der Waals surface area (Å²) in [4.78, 5) is 13.1. The number of hydrogen-bond acceptors (Lipinski definition) is 6. The Morgan fingerprint density at radius 3 is 2.67 bits per heavy atom. The zero-order valence-corrected chi connectivity index (χ0v) is 10.6. The van der Waals surface area contributed by atoms with Crippen LogP contribution in [0, 0.1) is 0 Å². The molecular formula is C8H8F3N3O2S2. The smallest absolute Gasteiger partial charge is 0.475 e. The number of halogens is 3. The first kappa shape index (κ1) is 14.6. The van der Waals surface area contributed by atoms with Gasteiger partial charge in [-0.2, -0.15) is 13.2 Å². The van der Waals surface area contributed by atoms with Crippen molar-refractivity contribution in [3.05, 3.63) is 9.88 Å². The summed E-state index contributed by atoms with van der Waals surface area (Å²) in [5.41, 5.74) is 3.04. The first-order chi connectivity index (χ1) is 8.20. The van der Waals surface area contributed by atoms with Crippen LogP contribution in [0.4, 0.5) is 13.2 Å². The highest BCUT2D eigenvalue weighted by Crippen LogP contribution is 2.13. The van der Waals surface area contributed by atoms with Crippen molar-refractivity contribution in [1.82, 2.24) is 15.4 Å². The predicted molar refractivity (Wildman–Crippen MR) is 62.1 cm³/mol. The standard InChI is InChI=1S/C6H7N3S2.C2HF3O2/c1-9-3-4-5(2-7-9)11-6(10)8-4;3-2(4,5)1(6)7/h2-3,7H,1H3,(H,8,10);(H,6,7). The molecule has 0 fully saturated rings. The zero-order chi connectivity index (χ0) is 13.9. The van der Waals surface area contributed by atoms with E-state index in [0.29, 0.717) is 0 Å². The first-order valence-corrected chi connectivity index (χ1v) is 5.63. The Labute approximate surface area is 109 Å². The van der Waals surface area contributed by atoms with Gasteiger partial charge in [0.1, 0.15) is 9.69 Å².